The maximum Gasteiger partial charge on any atom is 0.219 e. The summed E-state index contributed by atoms with van der Waals surface area (Å²) in [5, 5.41) is 2.94. The van der Waals surface area contributed by atoms with Gasteiger partial charge in [0.15, 0.2) is 0 Å². The Balaban J connectivity index is 2.09. The first-order valence-corrected chi connectivity index (χ1v) is 6.07. The van der Waals surface area contributed by atoms with Gasteiger partial charge in [-0.3, -0.25) is 4.79 Å². The van der Waals surface area contributed by atoms with Crippen LogP contribution in [0.1, 0.15) is 49.2 Å². The Kier molecular flexibility index (Phi) is 3.03. The molecule has 1 fully saturated rings. The van der Waals surface area contributed by atoms with E-state index in [0.29, 0.717) is 13.0 Å². The van der Waals surface area contributed by atoms with Gasteiger partial charge in [-0.2, -0.15) is 0 Å². The smallest absolute Gasteiger partial charge is 0.219 e. The van der Waals surface area contributed by atoms with Crippen LogP contribution in [0, 0.1) is 13.8 Å². The van der Waals surface area contributed by atoms with Crippen molar-refractivity contribution >= 4 is 5.91 Å². The highest BCUT2D eigenvalue weighted by atomic mass is 16.1. The summed E-state index contributed by atoms with van der Waals surface area (Å²) >= 11 is 0. The number of hydrogen-bond donors (Lipinski definition) is 1. The molecule has 16 heavy (non-hydrogen) atoms. The lowest BCUT2D eigenvalue weighted by molar-refractivity contribution is -0.120. The predicted molar refractivity (Wildman–Crippen MR) is 64.3 cm³/mol. The van der Waals surface area contributed by atoms with E-state index < -0.39 is 0 Å². The normalized spacial score (nSPS) is 15.2. The summed E-state index contributed by atoms with van der Waals surface area (Å²) in [5.41, 5.74) is 3.89. The third-order valence-corrected chi connectivity index (χ3v) is 3.30. The number of carbonyl (C=O) groups excluding carboxylic acids is 1. The summed E-state index contributed by atoms with van der Waals surface area (Å²) in [4.78, 5) is 11.2. The van der Waals surface area contributed by atoms with Gasteiger partial charge in [-0.25, -0.2) is 0 Å². The van der Waals surface area contributed by atoms with Crippen LogP contribution in [0.4, 0.5) is 0 Å². The molecular formula is C13H20N2O. The molecule has 1 heterocycles. The number of nitrogens with zero attached hydrogens (tertiary/aromatic N) is 1. The Morgan fingerprint density at radius 2 is 2.19 bits per heavy atom. The summed E-state index contributed by atoms with van der Waals surface area (Å²) in [6.45, 7) is 6.84. The second-order valence-electron chi connectivity index (χ2n) is 4.63. The quantitative estimate of drug-likeness (QED) is 0.831. The maximum atomic E-state index is 11.2. The molecule has 1 amide bonds. The summed E-state index contributed by atoms with van der Waals surface area (Å²) < 4.78 is 2.41. The molecule has 0 aliphatic heterocycles. The summed E-state index contributed by atoms with van der Waals surface area (Å²) in [6.07, 6.45) is 3.16. The molecule has 0 spiro atoms. The van der Waals surface area contributed by atoms with Gasteiger partial charge in [0.1, 0.15) is 0 Å². The van der Waals surface area contributed by atoms with Gasteiger partial charge in [-0.15, -0.1) is 0 Å². The molecule has 0 bridgehead atoms. The van der Waals surface area contributed by atoms with Crippen LogP contribution in [0.2, 0.25) is 0 Å². The lowest BCUT2D eigenvalue weighted by Gasteiger charge is -2.08. The van der Waals surface area contributed by atoms with Crippen molar-refractivity contribution in [3.05, 3.63) is 23.0 Å². The van der Waals surface area contributed by atoms with Gasteiger partial charge in [0.05, 0.1) is 0 Å². The van der Waals surface area contributed by atoms with Crippen molar-refractivity contribution in [1.82, 2.24) is 9.88 Å². The highest BCUT2D eigenvalue weighted by Gasteiger charge is 2.26. The van der Waals surface area contributed by atoms with Crippen molar-refractivity contribution in [2.45, 2.75) is 52.6 Å². The number of aryl methyl sites for hydroxylation is 1. The molecule has 88 valence electrons. The molecule has 0 aromatic carbocycles. The minimum absolute atomic E-state index is 0.122. The Hall–Kier alpha value is -1.25. The summed E-state index contributed by atoms with van der Waals surface area (Å²) in [7, 11) is 0. The van der Waals surface area contributed by atoms with Crippen molar-refractivity contribution < 1.29 is 4.79 Å². The van der Waals surface area contributed by atoms with Crippen LogP contribution < -0.4 is 5.32 Å². The molecule has 3 nitrogen and oxygen atoms in total. The monoisotopic (exact) mass is 220 g/mol. The molecular weight excluding hydrogens is 200 g/mol. The Bertz CT molecular complexity index is 402. The van der Waals surface area contributed by atoms with E-state index in [0.717, 1.165) is 6.04 Å². The average molecular weight is 220 g/mol. The predicted octanol–water partition coefficient (Wildman–Crippen LogP) is 2.47. The minimum atomic E-state index is 0.122. The van der Waals surface area contributed by atoms with Gasteiger partial charge in [-0.05, 0) is 38.3 Å². The van der Waals surface area contributed by atoms with E-state index in [4.69, 9.17) is 0 Å². The second-order valence-corrected chi connectivity index (χ2v) is 4.63. The lowest BCUT2D eigenvalue weighted by Crippen LogP contribution is -2.21. The largest absolute Gasteiger partial charge is 0.352 e. The number of amides is 1. The Morgan fingerprint density at radius 1 is 1.50 bits per heavy atom. The first kappa shape index (κ1) is 11.2. The first-order valence-electron chi connectivity index (χ1n) is 6.07. The Labute approximate surface area is 96.8 Å². The van der Waals surface area contributed by atoms with E-state index in [9.17, 15) is 4.79 Å². The molecule has 1 aliphatic carbocycles. The van der Waals surface area contributed by atoms with Crippen LogP contribution in [0.3, 0.4) is 0 Å². The third-order valence-electron chi connectivity index (χ3n) is 3.30. The summed E-state index contributed by atoms with van der Waals surface area (Å²) in [5.74, 6) is 0.122. The molecule has 1 N–H and O–H groups in total. The fraction of sp³-hybridized carbons (Fsp3) is 0.615. The molecule has 0 unspecified atom stereocenters. The van der Waals surface area contributed by atoms with Gasteiger partial charge < -0.3 is 9.88 Å². The van der Waals surface area contributed by atoms with Crippen molar-refractivity contribution in [3.63, 3.8) is 0 Å². The van der Waals surface area contributed by atoms with Crippen LogP contribution in [0.25, 0.3) is 0 Å². The minimum Gasteiger partial charge on any atom is -0.352 e. The van der Waals surface area contributed by atoms with Gasteiger partial charge in [0.25, 0.3) is 0 Å². The van der Waals surface area contributed by atoms with Crippen molar-refractivity contribution in [3.8, 4) is 0 Å². The van der Waals surface area contributed by atoms with Crippen molar-refractivity contribution in [2.75, 3.05) is 0 Å². The fourth-order valence-corrected chi connectivity index (χ4v) is 2.24. The molecule has 0 saturated heterocycles. The van der Waals surface area contributed by atoms with E-state index in [1.807, 2.05) is 6.92 Å². The van der Waals surface area contributed by atoms with Crippen molar-refractivity contribution in [1.29, 1.82) is 0 Å². The molecule has 0 atom stereocenters. The van der Waals surface area contributed by atoms with E-state index in [1.165, 1.54) is 29.8 Å². The van der Waals surface area contributed by atoms with Crippen LogP contribution in [0.15, 0.2) is 6.07 Å². The zero-order chi connectivity index (χ0) is 11.7. The zero-order valence-electron chi connectivity index (χ0n) is 10.3. The van der Waals surface area contributed by atoms with E-state index in [2.05, 4.69) is 29.8 Å². The topological polar surface area (TPSA) is 34.0 Å². The molecule has 2 rings (SSSR count). The second kappa shape index (κ2) is 4.32. The summed E-state index contributed by atoms with van der Waals surface area (Å²) in [6, 6.07) is 2.92. The third kappa shape index (κ3) is 2.13. The number of rotatable bonds is 4. The van der Waals surface area contributed by atoms with Gasteiger partial charge in [0, 0.05) is 30.4 Å². The Morgan fingerprint density at radius 3 is 2.75 bits per heavy atom. The lowest BCUT2D eigenvalue weighted by atomic mass is 10.2. The number of hydrogen-bond acceptors (Lipinski definition) is 1. The molecule has 1 aliphatic rings. The van der Waals surface area contributed by atoms with E-state index in [-0.39, 0.29) is 5.91 Å². The molecule has 0 radical (unpaired) electrons. The zero-order valence-corrected chi connectivity index (χ0v) is 10.3. The average Bonchev–Trinajstić information content (AvgIpc) is 3.04. The van der Waals surface area contributed by atoms with Crippen LogP contribution in [-0.4, -0.2) is 10.5 Å². The maximum absolute atomic E-state index is 11.2. The fourth-order valence-electron chi connectivity index (χ4n) is 2.24. The van der Waals surface area contributed by atoms with Crippen molar-refractivity contribution in [2.24, 2.45) is 0 Å². The number of nitrogens with one attached hydrogen (secondary N) is 1. The van der Waals surface area contributed by atoms with Gasteiger partial charge in [-0.1, -0.05) is 6.92 Å². The SMILES string of the molecule is CCC(=O)NCc1cc(C)n(C2CC2)c1C. The van der Waals surface area contributed by atoms with Crippen LogP contribution in [-0.2, 0) is 11.3 Å². The van der Waals surface area contributed by atoms with E-state index in [1.54, 1.807) is 0 Å². The van der Waals surface area contributed by atoms with Crippen LogP contribution in [0.5, 0.6) is 0 Å². The highest BCUT2D eigenvalue weighted by Crippen LogP contribution is 2.38. The molecule has 1 aromatic rings. The molecule has 1 saturated carbocycles. The van der Waals surface area contributed by atoms with Crippen LogP contribution >= 0.6 is 0 Å². The highest BCUT2D eigenvalue weighted by molar-refractivity contribution is 5.75. The standard InChI is InChI=1S/C13H20N2O/c1-4-13(16)14-8-11-7-9(2)15(10(11)3)12-5-6-12/h7,12H,4-6,8H2,1-3H3,(H,14,16). The number of carbonyl (C=O) groups is 1. The molecule has 3 heteroatoms. The molecule has 1 aromatic heterocycles. The van der Waals surface area contributed by atoms with Gasteiger partial charge in [0.2, 0.25) is 5.91 Å². The first-order chi connectivity index (χ1) is 7.63. The number of aromatic nitrogens is 1. The van der Waals surface area contributed by atoms with E-state index >= 15 is 0 Å². The van der Waals surface area contributed by atoms with Gasteiger partial charge >= 0.3 is 0 Å².